The Morgan fingerprint density at radius 1 is 0.778 bits per heavy atom. The van der Waals surface area contributed by atoms with Crippen LogP contribution in [0.4, 0.5) is 0 Å². The predicted octanol–water partition coefficient (Wildman–Crippen LogP) is 7.43. The summed E-state index contributed by atoms with van der Waals surface area (Å²) in [6, 6.07) is 13.7. The lowest BCUT2D eigenvalue weighted by Gasteiger charge is -2.42. The van der Waals surface area contributed by atoms with Crippen molar-refractivity contribution in [1.82, 2.24) is 0 Å². The van der Waals surface area contributed by atoms with Crippen LogP contribution in [0, 0.1) is 6.92 Å². The lowest BCUT2D eigenvalue weighted by Crippen LogP contribution is -2.50. The quantitative estimate of drug-likeness (QED) is 0.398. The molecule has 1 N–H and O–H groups in total. The average Bonchev–Trinajstić information content (AvgIpc) is 2.58. The van der Waals surface area contributed by atoms with E-state index >= 15 is 0 Å². The van der Waals surface area contributed by atoms with E-state index < -0.39 is 8.32 Å². The highest BCUT2D eigenvalue weighted by Gasteiger charge is 2.47. The first kappa shape index (κ1) is 21.3. The van der Waals surface area contributed by atoms with Crippen molar-refractivity contribution in [2.45, 2.75) is 65.1 Å². The number of phenolic OH excluding ortho intramolecular Hbond substituents is 1. The highest BCUT2D eigenvalue weighted by Crippen LogP contribution is 2.43. The van der Waals surface area contributed by atoms with Gasteiger partial charge in [0.2, 0.25) is 0 Å². The van der Waals surface area contributed by atoms with Crippen LogP contribution in [0.15, 0.2) is 42.5 Å². The van der Waals surface area contributed by atoms with Gasteiger partial charge in [0, 0.05) is 0 Å². The molecular weight excluding hydrogens is 348 g/mol. The standard InChI is InChI=1S/C24H34O2Si/c1-17(2)27(18(3)4,19(5)6)26-24-15-20(7)14-22(16-24)9-8-21-10-12-23(25)13-11-21/h8-19,25H,1-7H3/b9-8+. The number of benzene rings is 2. The third kappa shape index (κ3) is 5.04. The molecule has 27 heavy (non-hydrogen) atoms. The van der Waals surface area contributed by atoms with Crippen LogP contribution in [-0.2, 0) is 0 Å². The highest BCUT2D eigenvalue weighted by molar-refractivity contribution is 6.78. The molecule has 0 amide bonds. The fourth-order valence-corrected chi connectivity index (χ4v) is 9.50. The minimum atomic E-state index is -1.96. The summed E-state index contributed by atoms with van der Waals surface area (Å²) >= 11 is 0. The van der Waals surface area contributed by atoms with Crippen LogP contribution in [0.25, 0.3) is 12.2 Å². The highest BCUT2D eigenvalue weighted by atomic mass is 28.4. The number of phenols is 1. The number of aryl methyl sites for hydroxylation is 1. The molecule has 2 aromatic rings. The predicted molar refractivity (Wildman–Crippen MR) is 120 cm³/mol. The third-order valence-electron chi connectivity index (χ3n) is 5.44. The van der Waals surface area contributed by atoms with E-state index in [2.05, 4.69) is 78.8 Å². The Labute approximate surface area is 166 Å². The van der Waals surface area contributed by atoms with E-state index in [1.165, 1.54) is 5.56 Å². The van der Waals surface area contributed by atoms with Gasteiger partial charge < -0.3 is 9.53 Å². The minimum Gasteiger partial charge on any atom is -0.543 e. The van der Waals surface area contributed by atoms with Gasteiger partial charge in [-0.3, -0.25) is 0 Å². The zero-order chi connectivity index (χ0) is 20.2. The van der Waals surface area contributed by atoms with Gasteiger partial charge in [0.25, 0.3) is 8.32 Å². The average molecular weight is 383 g/mol. The molecule has 0 spiro atoms. The zero-order valence-corrected chi connectivity index (χ0v) is 18.8. The van der Waals surface area contributed by atoms with Gasteiger partial charge in [-0.15, -0.1) is 0 Å². The van der Waals surface area contributed by atoms with Crippen LogP contribution in [0.2, 0.25) is 16.6 Å². The van der Waals surface area contributed by atoms with Crippen molar-refractivity contribution in [2.75, 3.05) is 0 Å². The summed E-state index contributed by atoms with van der Waals surface area (Å²) in [7, 11) is -1.96. The summed E-state index contributed by atoms with van der Waals surface area (Å²) in [6.07, 6.45) is 4.17. The van der Waals surface area contributed by atoms with Crippen molar-refractivity contribution in [3.63, 3.8) is 0 Å². The molecule has 0 radical (unpaired) electrons. The largest absolute Gasteiger partial charge is 0.543 e. The first-order valence-corrected chi connectivity index (χ1v) is 12.1. The third-order valence-corrected chi connectivity index (χ3v) is 11.4. The molecule has 0 aliphatic carbocycles. The van der Waals surface area contributed by atoms with Gasteiger partial charge in [-0.1, -0.05) is 71.9 Å². The lowest BCUT2D eigenvalue weighted by atomic mass is 10.1. The van der Waals surface area contributed by atoms with Crippen LogP contribution in [0.3, 0.4) is 0 Å². The van der Waals surface area contributed by atoms with Gasteiger partial charge in [0.05, 0.1) is 0 Å². The summed E-state index contributed by atoms with van der Waals surface area (Å²) < 4.78 is 6.85. The van der Waals surface area contributed by atoms with E-state index in [4.69, 9.17) is 4.43 Å². The van der Waals surface area contributed by atoms with Crippen LogP contribution in [0.5, 0.6) is 11.5 Å². The molecule has 146 valence electrons. The van der Waals surface area contributed by atoms with Crippen molar-refractivity contribution in [3.8, 4) is 11.5 Å². The second-order valence-electron chi connectivity index (χ2n) is 8.42. The molecule has 0 fully saturated rings. The summed E-state index contributed by atoms with van der Waals surface area (Å²) in [4.78, 5) is 0. The fraction of sp³-hybridized carbons (Fsp3) is 0.417. The van der Waals surface area contributed by atoms with Crippen LogP contribution < -0.4 is 4.43 Å². The SMILES string of the molecule is Cc1cc(/C=C/c2ccc(O)cc2)cc(O[Si](C(C)C)(C(C)C)C(C)C)c1. The van der Waals surface area contributed by atoms with Gasteiger partial charge in [0.15, 0.2) is 0 Å². The Morgan fingerprint density at radius 3 is 1.81 bits per heavy atom. The molecule has 0 unspecified atom stereocenters. The molecule has 2 aromatic carbocycles. The van der Waals surface area contributed by atoms with E-state index in [1.807, 2.05) is 12.1 Å². The molecule has 0 heterocycles. The van der Waals surface area contributed by atoms with Gasteiger partial charge >= 0.3 is 0 Å². The van der Waals surface area contributed by atoms with E-state index in [-0.39, 0.29) is 5.75 Å². The van der Waals surface area contributed by atoms with Crippen LogP contribution >= 0.6 is 0 Å². The normalized spacial score (nSPS) is 12.5. The monoisotopic (exact) mass is 382 g/mol. The Morgan fingerprint density at radius 2 is 1.30 bits per heavy atom. The van der Waals surface area contributed by atoms with E-state index in [1.54, 1.807) is 12.1 Å². The van der Waals surface area contributed by atoms with E-state index in [0.29, 0.717) is 16.6 Å². The summed E-state index contributed by atoms with van der Waals surface area (Å²) in [5.41, 5.74) is 5.05. The maximum absolute atomic E-state index is 9.42. The van der Waals surface area contributed by atoms with Gasteiger partial charge in [-0.25, -0.2) is 0 Å². The summed E-state index contributed by atoms with van der Waals surface area (Å²) in [5.74, 6) is 1.28. The Bertz CT molecular complexity index is 752. The van der Waals surface area contributed by atoms with Crippen molar-refractivity contribution in [3.05, 3.63) is 59.2 Å². The molecule has 0 saturated heterocycles. The summed E-state index contributed by atoms with van der Waals surface area (Å²) in [6.45, 7) is 16.0. The first-order chi connectivity index (χ1) is 12.6. The first-order valence-electron chi connectivity index (χ1n) is 9.93. The summed E-state index contributed by atoms with van der Waals surface area (Å²) in [5, 5.41) is 9.42. The Balaban J connectivity index is 2.34. The maximum Gasteiger partial charge on any atom is 0.258 e. The molecular formula is C24H34O2Si. The zero-order valence-electron chi connectivity index (χ0n) is 17.8. The van der Waals surface area contributed by atoms with E-state index in [0.717, 1.165) is 16.9 Å². The molecule has 2 nitrogen and oxygen atoms in total. The smallest absolute Gasteiger partial charge is 0.258 e. The molecule has 3 heteroatoms. The Hall–Kier alpha value is -2.00. The van der Waals surface area contributed by atoms with Crippen molar-refractivity contribution in [1.29, 1.82) is 0 Å². The number of hydrogen-bond acceptors (Lipinski definition) is 2. The van der Waals surface area contributed by atoms with Crippen LogP contribution in [-0.4, -0.2) is 13.4 Å². The minimum absolute atomic E-state index is 0.288. The topological polar surface area (TPSA) is 29.5 Å². The van der Waals surface area contributed by atoms with E-state index in [9.17, 15) is 5.11 Å². The number of aromatic hydroxyl groups is 1. The molecule has 0 aromatic heterocycles. The number of hydrogen-bond donors (Lipinski definition) is 1. The fourth-order valence-electron chi connectivity index (χ4n) is 4.27. The molecule has 0 aliphatic rings. The second kappa shape index (κ2) is 8.79. The molecule has 2 rings (SSSR count). The van der Waals surface area contributed by atoms with Gasteiger partial charge in [0.1, 0.15) is 11.5 Å². The molecule has 0 atom stereocenters. The lowest BCUT2D eigenvalue weighted by molar-refractivity contribution is 0.475. The van der Waals surface area contributed by atoms with Gasteiger partial charge in [-0.2, -0.15) is 0 Å². The van der Waals surface area contributed by atoms with Crippen LogP contribution in [0.1, 0.15) is 58.2 Å². The Kier molecular flexibility index (Phi) is 6.93. The molecule has 0 bridgehead atoms. The molecule has 0 saturated carbocycles. The van der Waals surface area contributed by atoms with Crippen molar-refractivity contribution in [2.24, 2.45) is 0 Å². The van der Waals surface area contributed by atoms with Gasteiger partial charge in [-0.05, 0) is 64.5 Å². The maximum atomic E-state index is 9.42. The number of rotatable bonds is 7. The van der Waals surface area contributed by atoms with Crippen molar-refractivity contribution >= 4 is 20.5 Å². The second-order valence-corrected chi connectivity index (χ2v) is 13.8. The molecule has 0 aliphatic heterocycles. The van der Waals surface area contributed by atoms with Crippen molar-refractivity contribution < 1.29 is 9.53 Å².